The molecule has 1 aromatic carbocycles. The number of benzene rings is 1. The van der Waals surface area contributed by atoms with Gasteiger partial charge in [0.25, 0.3) is 0 Å². The fourth-order valence-corrected chi connectivity index (χ4v) is 3.95. The first-order chi connectivity index (χ1) is 11.2. The first kappa shape index (κ1) is 14.5. The van der Waals surface area contributed by atoms with E-state index >= 15 is 0 Å². The highest BCUT2D eigenvalue weighted by molar-refractivity contribution is 5.80. The number of aromatic nitrogens is 2. The number of hydrogen-bond donors (Lipinski definition) is 2. The zero-order valence-electron chi connectivity index (χ0n) is 13.2. The highest BCUT2D eigenvalue weighted by Crippen LogP contribution is 2.36. The number of fused-ring (bicyclic) bond motifs is 1. The molecule has 2 aliphatic rings. The molecular formula is C17H22N4O2. The van der Waals surface area contributed by atoms with Gasteiger partial charge in [0.15, 0.2) is 0 Å². The number of nitrogens with zero attached hydrogens (tertiary/aromatic N) is 2. The van der Waals surface area contributed by atoms with E-state index in [4.69, 9.17) is 0 Å². The van der Waals surface area contributed by atoms with E-state index in [1.165, 1.54) is 6.42 Å². The van der Waals surface area contributed by atoms with Gasteiger partial charge in [-0.1, -0.05) is 12.1 Å². The van der Waals surface area contributed by atoms with Crippen LogP contribution in [0.25, 0.3) is 11.0 Å². The average Bonchev–Trinajstić information content (AvgIpc) is 3.14. The van der Waals surface area contributed by atoms with Gasteiger partial charge < -0.3 is 15.2 Å². The fourth-order valence-electron chi connectivity index (χ4n) is 3.95. The van der Waals surface area contributed by atoms with Gasteiger partial charge in [-0.05, 0) is 43.4 Å². The maximum atomic E-state index is 12.6. The highest BCUT2D eigenvalue weighted by Gasteiger charge is 2.38. The van der Waals surface area contributed by atoms with Gasteiger partial charge in [-0.3, -0.25) is 9.36 Å². The Kier molecular flexibility index (Phi) is 3.49. The SMILES string of the molecule is O=C(Cn1c(=O)[nH]c2ccccc21)N1CCC2(CCNC2)CC1. The van der Waals surface area contributed by atoms with Gasteiger partial charge >= 0.3 is 5.69 Å². The number of carbonyl (C=O) groups excluding carboxylic acids is 1. The second-order valence-electron chi connectivity index (χ2n) is 6.84. The molecule has 6 nitrogen and oxygen atoms in total. The van der Waals surface area contributed by atoms with Crippen LogP contribution < -0.4 is 11.0 Å². The predicted octanol–water partition coefficient (Wildman–Crippen LogP) is 0.932. The number of H-pyrrole nitrogens is 1. The number of likely N-dealkylation sites (tertiary alicyclic amines) is 1. The summed E-state index contributed by atoms with van der Waals surface area (Å²) in [4.78, 5) is 29.4. The van der Waals surface area contributed by atoms with Crippen LogP contribution in [0, 0.1) is 5.41 Å². The molecular weight excluding hydrogens is 292 g/mol. The van der Waals surface area contributed by atoms with Crippen LogP contribution in [0.3, 0.4) is 0 Å². The standard InChI is InChI=1S/C17H22N4O2/c22-15(20-9-6-17(7-10-20)5-8-18-12-17)11-21-14-4-2-1-3-13(14)19-16(21)23/h1-4,18H,5-12H2,(H,19,23). The third-order valence-electron chi connectivity index (χ3n) is 5.48. The molecule has 0 saturated carbocycles. The molecule has 2 aromatic rings. The molecule has 2 N–H and O–H groups in total. The van der Waals surface area contributed by atoms with E-state index in [-0.39, 0.29) is 18.1 Å². The monoisotopic (exact) mass is 314 g/mol. The zero-order valence-corrected chi connectivity index (χ0v) is 13.2. The Morgan fingerprint density at radius 2 is 1.96 bits per heavy atom. The summed E-state index contributed by atoms with van der Waals surface area (Å²) in [5, 5.41) is 3.44. The minimum atomic E-state index is -0.215. The first-order valence-corrected chi connectivity index (χ1v) is 8.33. The van der Waals surface area contributed by atoms with Crippen LogP contribution in [0.4, 0.5) is 0 Å². The summed E-state index contributed by atoms with van der Waals surface area (Å²) in [5.74, 6) is 0.0395. The summed E-state index contributed by atoms with van der Waals surface area (Å²) in [6.07, 6.45) is 3.35. The van der Waals surface area contributed by atoms with Gasteiger partial charge in [0, 0.05) is 19.6 Å². The molecule has 1 amide bonds. The number of imidazole rings is 1. The number of para-hydroxylation sites is 2. The second kappa shape index (κ2) is 5.53. The minimum Gasteiger partial charge on any atom is -0.341 e. The molecule has 0 unspecified atom stereocenters. The normalized spacial score (nSPS) is 20.4. The van der Waals surface area contributed by atoms with Crippen molar-refractivity contribution in [2.24, 2.45) is 5.41 Å². The molecule has 2 aliphatic heterocycles. The summed E-state index contributed by atoms with van der Waals surface area (Å²) in [6.45, 7) is 3.90. The van der Waals surface area contributed by atoms with E-state index in [1.54, 1.807) is 4.57 Å². The quantitative estimate of drug-likeness (QED) is 0.866. The van der Waals surface area contributed by atoms with Crippen LogP contribution in [-0.4, -0.2) is 46.5 Å². The average molecular weight is 314 g/mol. The van der Waals surface area contributed by atoms with Crippen molar-refractivity contribution in [2.75, 3.05) is 26.2 Å². The van der Waals surface area contributed by atoms with E-state index in [1.807, 2.05) is 29.2 Å². The minimum absolute atomic E-state index is 0.0395. The predicted molar refractivity (Wildman–Crippen MR) is 88.3 cm³/mol. The molecule has 6 heteroatoms. The molecule has 1 spiro atoms. The maximum Gasteiger partial charge on any atom is 0.326 e. The van der Waals surface area contributed by atoms with E-state index in [9.17, 15) is 9.59 Å². The molecule has 0 bridgehead atoms. The maximum absolute atomic E-state index is 12.6. The number of nitrogens with one attached hydrogen (secondary N) is 2. The molecule has 2 fully saturated rings. The van der Waals surface area contributed by atoms with Gasteiger partial charge in [0.1, 0.15) is 6.54 Å². The number of rotatable bonds is 2. The van der Waals surface area contributed by atoms with Crippen molar-refractivity contribution >= 4 is 16.9 Å². The largest absolute Gasteiger partial charge is 0.341 e. The lowest BCUT2D eigenvalue weighted by molar-refractivity contribution is -0.134. The van der Waals surface area contributed by atoms with E-state index < -0.39 is 0 Å². The molecule has 2 saturated heterocycles. The Bertz CT molecular complexity index is 775. The number of hydrogen-bond acceptors (Lipinski definition) is 3. The molecule has 1 aromatic heterocycles. The summed E-state index contributed by atoms with van der Waals surface area (Å²) < 4.78 is 1.54. The lowest BCUT2D eigenvalue weighted by Gasteiger charge is -2.38. The Labute approximate surface area is 134 Å². The van der Waals surface area contributed by atoms with Crippen LogP contribution in [-0.2, 0) is 11.3 Å². The van der Waals surface area contributed by atoms with Gasteiger partial charge in [0.2, 0.25) is 5.91 Å². The van der Waals surface area contributed by atoms with Crippen LogP contribution >= 0.6 is 0 Å². The van der Waals surface area contributed by atoms with Crippen molar-refractivity contribution in [3.8, 4) is 0 Å². The third-order valence-corrected chi connectivity index (χ3v) is 5.48. The zero-order chi connectivity index (χ0) is 15.9. The van der Waals surface area contributed by atoms with Crippen LogP contribution in [0.5, 0.6) is 0 Å². The van der Waals surface area contributed by atoms with Crippen molar-refractivity contribution in [2.45, 2.75) is 25.8 Å². The summed E-state index contributed by atoms with van der Waals surface area (Å²) in [7, 11) is 0. The summed E-state index contributed by atoms with van der Waals surface area (Å²) in [5.41, 5.74) is 1.75. The topological polar surface area (TPSA) is 70.1 Å². The Balaban J connectivity index is 1.48. The smallest absolute Gasteiger partial charge is 0.326 e. The van der Waals surface area contributed by atoms with Gasteiger partial charge in [0.05, 0.1) is 11.0 Å². The third kappa shape index (κ3) is 2.57. The number of amides is 1. The van der Waals surface area contributed by atoms with E-state index in [0.717, 1.165) is 50.1 Å². The molecule has 0 aliphatic carbocycles. The molecule has 23 heavy (non-hydrogen) atoms. The second-order valence-corrected chi connectivity index (χ2v) is 6.84. The molecule has 0 radical (unpaired) electrons. The highest BCUT2D eigenvalue weighted by atomic mass is 16.2. The van der Waals surface area contributed by atoms with Crippen LogP contribution in [0.15, 0.2) is 29.1 Å². The lowest BCUT2D eigenvalue weighted by atomic mass is 9.78. The number of carbonyl (C=O) groups is 1. The van der Waals surface area contributed by atoms with Gasteiger partial charge in [-0.25, -0.2) is 4.79 Å². The Morgan fingerprint density at radius 3 is 2.70 bits per heavy atom. The van der Waals surface area contributed by atoms with Gasteiger partial charge in [-0.15, -0.1) is 0 Å². The Hall–Kier alpha value is -2.08. The summed E-state index contributed by atoms with van der Waals surface area (Å²) in [6, 6.07) is 7.49. The van der Waals surface area contributed by atoms with Crippen molar-refractivity contribution in [3.05, 3.63) is 34.7 Å². The lowest BCUT2D eigenvalue weighted by Crippen LogP contribution is -2.45. The molecule has 0 atom stereocenters. The number of aromatic amines is 1. The molecule has 4 rings (SSSR count). The van der Waals surface area contributed by atoms with Crippen LogP contribution in [0.2, 0.25) is 0 Å². The van der Waals surface area contributed by atoms with Gasteiger partial charge in [-0.2, -0.15) is 0 Å². The van der Waals surface area contributed by atoms with E-state index in [2.05, 4.69) is 10.3 Å². The first-order valence-electron chi connectivity index (χ1n) is 8.33. The van der Waals surface area contributed by atoms with Crippen molar-refractivity contribution in [3.63, 3.8) is 0 Å². The summed E-state index contributed by atoms with van der Waals surface area (Å²) >= 11 is 0. The van der Waals surface area contributed by atoms with E-state index in [0.29, 0.717) is 5.41 Å². The van der Waals surface area contributed by atoms with Crippen molar-refractivity contribution in [1.29, 1.82) is 0 Å². The van der Waals surface area contributed by atoms with Crippen LogP contribution in [0.1, 0.15) is 19.3 Å². The Morgan fingerprint density at radius 1 is 1.17 bits per heavy atom. The fraction of sp³-hybridized carbons (Fsp3) is 0.529. The number of piperidine rings is 1. The van der Waals surface area contributed by atoms with Crippen molar-refractivity contribution < 1.29 is 4.79 Å². The van der Waals surface area contributed by atoms with Crippen molar-refractivity contribution in [1.82, 2.24) is 19.8 Å². The molecule has 122 valence electrons. The molecule has 3 heterocycles.